The fourth-order valence-corrected chi connectivity index (χ4v) is 3.73. The normalized spacial score (nSPS) is 13.1. The van der Waals surface area contributed by atoms with Crippen LogP contribution in [0.3, 0.4) is 0 Å². The van der Waals surface area contributed by atoms with Crippen molar-refractivity contribution in [1.29, 1.82) is 0 Å². The molecule has 0 radical (unpaired) electrons. The van der Waals surface area contributed by atoms with E-state index >= 15 is 0 Å². The van der Waals surface area contributed by atoms with Gasteiger partial charge in [0.2, 0.25) is 10.0 Å². The monoisotopic (exact) mass is 373 g/mol. The van der Waals surface area contributed by atoms with Crippen molar-refractivity contribution < 1.29 is 12.8 Å². The molecule has 5 nitrogen and oxygen atoms in total. The first-order valence-electron chi connectivity index (χ1n) is 5.99. The van der Waals surface area contributed by atoms with Crippen molar-refractivity contribution in [2.24, 2.45) is 0 Å². The van der Waals surface area contributed by atoms with Gasteiger partial charge in [0.15, 0.2) is 5.82 Å². The highest BCUT2D eigenvalue weighted by atomic mass is 79.9. The minimum absolute atomic E-state index is 0.00614. The van der Waals surface area contributed by atoms with Crippen LogP contribution in [0.15, 0.2) is 45.9 Å². The quantitative estimate of drug-likeness (QED) is 0.806. The molecule has 0 saturated heterocycles. The minimum atomic E-state index is -4.06. The van der Waals surface area contributed by atoms with E-state index < -0.39 is 26.8 Å². The lowest BCUT2D eigenvalue weighted by atomic mass is 10.2. The Bertz CT molecular complexity index is 754. The number of sulfonamides is 1. The summed E-state index contributed by atoms with van der Waals surface area (Å²) in [5, 5.41) is 0. The molecule has 0 aliphatic carbocycles. The van der Waals surface area contributed by atoms with Gasteiger partial charge in [-0.2, -0.15) is 0 Å². The Morgan fingerprint density at radius 2 is 2.10 bits per heavy atom. The number of pyridine rings is 1. The number of nitrogens with one attached hydrogen (secondary N) is 1. The first-order chi connectivity index (χ1) is 9.81. The van der Waals surface area contributed by atoms with Gasteiger partial charge in [-0.05, 0) is 47.1 Å². The zero-order valence-corrected chi connectivity index (χ0v) is 13.4. The Kier molecular flexibility index (Phi) is 4.60. The van der Waals surface area contributed by atoms with Gasteiger partial charge in [-0.25, -0.2) is 17.5 Å². The van der Waals surface area contributed by atoms with E-state index in [4.69, 9.17) is 5.73 Å². The van der Waals surface area contributed by atoms with Crippen molar-refractivity contribution in [3.63, 3.8) is 0 Å². The van der Waals surface area contributed by atoms with Gasteiger partial charge in [0, 0.05) is 11.9 Å². The lowest BCUT2D eigenvalue weighted by Crippen LogP contribution is -2.28. The summed E-state index contributed by atoms with van der Waals surface area (Å²) >= 11 is 2.94. The van der Waals surface area contributed by atoms with Crippen molar-refractivity contribution in [3.8, 4) is 0 Å². The third-order valence-corrected chi connectivity index (χ3v) is 4.89. The molecule has 0 aliphatic heterocycles. The molecular formula is C13H13BrFN3O2S. The molecular weight excluding hydrogens is 361 g/mol. The second-order valence-corrected chi connectivity index (χ2v) is 6.95. The third-order valence-electron chi connectivity index (χ3n) is 2.77. The molecule has 8 heteroatoms. The van der Waals surface area contributed by atoms with Crippen LogP contribution in [0.25, 0.3) is 0 Å². The fourth-order valence-electron chi connectivity index (χ4n) is 1.77. The molecule has 3 N–H and O–H groups in total. The molecule has 1 aromatic carbocycles. The second kappa shape index (κ2) is 6.08. The summed E-state index contributed by atoms with van der Waals surface area (Å²) in [4.78, 5) is 3.56. The highest BCUT2D eigenvalue weighted by Crippen LogP contribution is 2.27. The molecule has 1 unspecified atom stereocenters. The van der Waals surface area contributed by atoms with E-state index in [1.165, 1.54) is 6.07 Å². The molecule has 0 bridgehead atoms. The molecule has 1 aromatic heterocycles. The lowest BCUT2D eigenvalue weighted by molar-refractivity contribution is 0.543. The highest BCUT2D eigenvalue weighted by molar-refractivity contribution is 9.10. The molecule has 112 valence electrons. The van der Waals surface area contributed by atoms with Crippen molar-refractivity contribution >= 4 is 31.6 Å². The van der Waals surface area contributed by atoms with Gasteiger partial charge in [-0.1, -0.05) is 6.07 Å². The first kappa shape index (κ1) is 15.9. The number of nitrogens with two attached hydrogens (primary N) is 1. The zero-order chi connectivity index (χ0) is 15.6. The summed E-state index contributed by atoms with van der Waals surface area (Å²) < 4.78 is 40.9. The van der Waals surface area contributed by atoms with E-state index in [0.717, 1.165) is 6.07 Å². The van der Waals surface area contributed by atoms with Crippen LogP contribution in [0.2, 0.25) is 0 Å². The molecule has 1 atom stereocenters. The van der Waals surface area contributed by atoms with Crippen LogP contribution in [0.5, 0.6) is 0 Å². The van der Waals surface area contributed by atoms with Crippen LogP contribution in [0.4, 0.5) is 10.1 Å². The van der Waals surface area contributed by atoms with Gasteiger partial charge in [0.1, 0.15) is 4.90 Å². The van der Waals surface area contributed by atoms with Gasteiger partial charge in [-0.3, -0.25) is 4.98 Å². The van der Waals surface area contributed by atoms with Crippen LogP contribution >= 0.6 is 15.9 Å². The number of benzene rings is 1. The standard InChI is InChI=1S/C13H13BrFN3O2S/c1-8(11-4-2-3-5-17-11)18-21(19,20)12-7-9(16)6-10(14)13(12)15/h2-8,18H,16H2,1H3. The Labute approximate surface area is 130 Å². The van der Waals surface area contributed by atoms with Crippen molar-refractivity contribution in [2.75, 3.05) is 5.73 Å². The molecule has 0 saturated carbocycles. The molecule has 0 fully saturated rings. The topological polar surface area (TPSA) is 85.1 Å². The van der Waals surface area contributed by atoms with Gasteiger partial charge in [0.05, 0.1) is 16.2 Å². The van der Waals surface area contributed by atoms with Gasteiger partial charge in [-0.15, -0.1) is 0 Å². The summed E-state index contributed by atoms with van der Waals surface area (Å²) in [6.07, 6.45) is 1.55. The minimum Gasteiger partial charge on any atom is -0.399 e. The predicted octanol–water partition coefficient (Wildman–Crippen LogP) is 2.60. The van der Waals surface area contributed by atoms with E-state index in [0.29, 0.717) is 5.69 Å². The van der Waals surface area contributed by atoms with Crippen LogP contribution in [0.1, 0.15) is 18.7 Å². The molecule has 0 spiro atoms. The van der Waals surface area contributed by atoms with E-state index in [-0.39, 0.29) is 10.2 Å². The van der Waals surface area contributed by atoms with Crippen molar-refractivity contribution in [1.82, 2.24) is 9.71 Å². The number of anilines is 1. The van der Waals surface area contributed by atoms with E-state index in [1.54, 1.807) is 31.3 Å². The zero-order valence-electron chi connectivity index (χ0n) is 11.0. The molecule has 1 heterocycles. The highest BCUT2D eigenvalue weighted by Gasteiger charge is 2.24. The Morgan fingerprint density at radius 1 is 1.38 bits per heavy atom. The Morgan fingerprint density at radius 3 is 2.71 bits per heavy atom. The molecule has 21 heavy (non-hydrogen) atoms. The van der Waals surface area contributed by atoms with Crippen LogP contribution in [-0.4, -0.2) is 13.4 Å². The predicted molar refractivity (Wildman–Crippen MR) is 81.5 cm³/mol. The van der Waals surface area contributed by atoms with Crippen molar-refractivity contribution in [2.45, 2.75) is 17.9 Å². The lowest BCUT2D eigenvalue weighted by Gasteiger charge is -2.15. The number of hydrogen-bond acceptors (Lipinski definition) is 4. The summed E-state index contributed by atoms with van der Waals surface area (Å²) in [7, 11) is -4.06. The van der Waals surface area contributed by atoms with Crippen molar-refractivity contribution in [3.05, 3.63) is 52.5 Å². The van der Waals surface area contributed by atoms with Crippen LogP contribution in [0, 0.1) is 5.82 Å². The van der Waals surface area contributed by atoms with Crippen LogP contribution in [-0.2, 0) is 10.0 Å². The van der Waals surface area contributed by atoms with E-state index in [9.17, 15) is 12.8 Å². The average molecular weight is 374 g/mol. The Balaban J connectivity index is 2.35. The average Bonchev–Trinajstić information content (AvgIpc) is 2.43. The molecule has 2 rings (SSSR count). The number of nitrogen functional groups attached to an aromatic ring is 1. The fraction of sp³-hybridized carbons (Fsp3) is 0.154. The summed E-state index contributed by atoms with van der Waals surface area (Å²) in [5.74, 6) is -0.884. The molecule has 2 aromatic rings. The number of nitrogens with zero attached hydrogens (tertiary/aromatic N) is 1. The maximum absolute atomic E-state index is 14.0. The smallest absolute Gasteiger partial charge is 0.244 e. The maximum atomic E-state index is 14.0. The third kappa shape index (κ3) is 3.58. The maximum Gasteiger partial charge on any atom is 0.244 e. The van der Waals surface area contributed by atoms with E-state index in [1.807, 2.05) is 0 Å². The Hall–Kier alpha value is -1.51. The number of hydrogen-bond donors (Lipinski definition) is 2. The largest absolute Gasteiger partial charge is 0.399 e. The first-order valence-corrected chi connectivity index (χ1v) is 8.26. The van der Waals surface area contributed by atoms with Gasteiger partial charge < -0.3 is 5.73 Å². The molecule has 0 aliphatic rings. The molecule has 0 amide bonds. The van der Waals surface area contributed by atoms with Gasteiger partial charge >= 0.3 is 0 Å². The number of rotatable bonds is 4. The number of halogens is 2. The summed E-state index contributed by atoms with van der Waals surface area (Å²) in [5.41, 5.74) is 6.24. The van der Waals surface area contributed by atoms with Crippen LogP contribution < -0.4 is 10.5 Å². The SMILES string of the molecule is CC(NS(=O)(=O)c1cc(N)cc(Br)c1F)c1ccccn1. The van der Waals surface area contributed by atoms with Gasteiger partial charge in [0.25, 0.3) is 0 Å². The summed E-state index contributed by atoms with van der Waals surface area (Å²) in [6, 6.07) is 6.92. The number of aromatic nitrogens is 1. The van der Waals surface area contributed by atoms with E-state index in [2.05, 4.69) is 25.6 Å². The summed E-state index contributed by atoms with van der Waals surface area (Å²) in [6.45, 7) is 1.62. The second-order valence-electron chi connectivity index (χ2n) is 4.41.